The van der Waals surface area contributed by atoms with Gasteiger partial charge in [0.25, 0.3) is 0 Å². The number of anilines is 1. The Balaban J connectivity index is 1.92. The number of carbonyl (C=O) groups excluding carboxylic acids is 2. The summed E-state index contributed by atoms with van der Waals surface area (Å²) in [7, 11) is 0. The summed E-state index contributed by atoms with van der Waals surface area (Å²) in [6.45, 7) is 4.32. The van der Waals surface area contributed by atoms with Crippen LogP contribution in [0.5, 0.6) is 0 Å². The van der Waals surface area contributed by atoms with Crippen LogP contribution in [0.15, 0.2) is 48.7 Å². The summed E-state index contributed by atoms with van der Waals surface area (Å²) in [5.41, 5.74) is 4.67. The van der Waals surface area contributed by atoms with Gasteiger partial charge < -0.3 is 9.88 Å². The largest absolute Gasteiger partial charge is 0.337 e. The highest BCUT2D eigenvalue weighted by Crippen LogP contribution is 2.25. The molecule has 0 aliphatic rings. The number of aromatic nitrogens is 1. The maximum atomic E-state index is 12.6. The van der Waals surface area contributed by atoms with Crippen molar-refractivity contribution >= 4 is 28.8 Å². The summed E-state index contributed by atoms with van der Waals surface area (Å²) in [5, 5.41) is 3.89. The molecule has 1 heterocycles. The van der Waals surface area contributed by atoms with Gasteiger partial charge in [-0.1, -0.05) is 50.2 Å². The highest BCUT2D eigenvalue weighted by Gasteiger charge is 2.14. The molecule has 0 saturated carbocycles. The molecule has 3 rings (SSSR count). The van der Waals surface area contributed by atoms with Crippen LogP contribution in [0.4, 0.5) is 5.69 Å². The van der Waals surface area contributed by atoms with Gasteiger partial charge in [0.05, 0.1) is 5.52 Å². The van der Waals surface area contributed by atoms with Crippen molar-refractivity contribution in [3.8, 4) is 0 Å². The van der Waals surface area contributed by atoms with E-state index < -0.39 is 0 Å². The molecule has 0 spiro atoms. The third kappa shape index (κ3) is 3.33. The first-order chi connectivity index (χ1) is 12.2. The number of nitrogens with zero attached hydrogens (tertiary/aromatic N) is 1. The molecule has 0 aliphatic carbocycles. The number of hydrogen-bond donors (Lipinski definition) is 1. The van der Waals surface area contributed by atoms with E-state index in [0.29, 0.717) is 5.56 Å². The number of carbonyl (C=O) groups is 2. The molecule has 3 aromatic rings. The Hall–Kier alpha value is -2.88. The summed E-state index contributed by atoms with van der Waals surface area (Å²) in [5.74, 6) is -0.0962. The summed E-state index contributed by atoms with van der Waals surface area (Å²) >= 11 is 0. The van der Waals surface area contributed by atoms with E-state index in [1.165, 1.54) is 0 Å². The summed E-state index contributed by atoms with van der Waals surface area (Å²) in [4.78, 5) is 24.0. The number of hydrogen-bond acceptors (Lipinski definition) is 2. The molecule has 0 aliphatic heterocycles. The minimum absolute atomic E-state index is 0.0962. The minimum Gasteiger partial charge on any atom is -0.337 e. The zero-order valence-electron chi connectivity index (χ0n) is 14.6. The summed E-state index contributed by atoms with van der Waals surface area (Å²) in [6.07, 6.45) is 4.32. The second-order valence-corrected chi connectivity index (χ2v) is 6.06. The molecule has 0 bridgehead atoms. The lowest BCUT2D eigenvalue weighted by molar-refractivity contribution is -0.116. The molecule has 0 unspecified atom stereocenters. The number of fused-ring (bicyclic) bond motifs is 1. The second-order valence-electron chi connectivity index (χ2n) is 6.06. The molecule has 1 aromatic heterocycles. The van der Waals surface area contributed by atoms with E-state index in [1.807, 2.05) is 47.0 Å². The van der Waals surface area contributed by atoms with Gasteiger partial charge in [0, 0.05) is 22.8 Å². The number of aryl methyl sites for hydroxylation is 2. The topological polar surface area (TPSA) is 51.1 Å². The molecule has 4 heteroatoms. The Morgan fingerprint density at radius 2 is 1.76 bits per heavy atom. The number of aldehydes is 1. The van der Waals surface area contributed by atoms with Crippen molar-refractivity contribution < 1.29 is 9.59 Å². The Morgan fingerprint density at radius 1 is 1.04 bits per heavy atom. The molecule has 0 fully saturated rings. The lowest BCUT2D eigenvalue weighted by Crippen LogP contribution is -2.19. The third-order valence-corrected chi connectivity index (χ3v) is 4.51. The van der Waals surface area contributed by atoms with Crippen LogP contribution in [-0.2, 0) is 24.2 Å². The standard InChI is InChI=1S/C21H22N2O2/c1-3-15-8-5-6-11-19(15)22-20(25)13-23-12-17(14-24)18-10-7-9-16(4-2)21(18)23/h5-12,14H,3-4,13H2,1-2H3,(H,22,25). The fraction of sp³-hybridized carbons (Fsp3) is 0.238. The Labute approximate surface area is 147 Å². The molecule has 0 atom stereocenters. The molecular weight excluding hydrogens is 312 g/mol. The maximum Gasteiger partial charge on any atom is 0.244 e. The van der Waals surface area contributed by atoms with Crippen LogP contribution < -0.4 is 5.32 Å². The van der Waals surface area contributed by atoms with Crippen LogP contribution >= 0.6 is 0 Å². The Morgan fingerprint density at radius 3 is 2.48 bits per heavy atom. The number of rotatable bonds is 6. The highest BCUT2D eigenvalue weighted by atomic mass is 16.2. The minimum atomic E-state index is -0.0962. The molecule has 0 radical (unpaired) electrons. The van der Waals surface area contributed by atoms with Crippen LogP contribution in [-0.4, -0.2) is 16.8 Å². The molecule has 4 nitrogen and oxygen atoms in total. The van der Waals surface area contributed by atoms with E-state index in [9.17, 15) is 9.59 Å². The van der Waals surface area contributed by atoms with E-state index >= 15 is 0 Å². The van der Waals surface area contributed by atoms with Crippen molar-refractivity contribution in [2.45, 2.75) is 33.2 Å². The second kappa shape index (κ2) is 7.34. The van der Waals surface area contributed by atoms with E-state index in [0.717, 1.165) is 46.8 Å². The molecule has 128 valence electrons. The van der Waals surface area contributed by atoms with Gasteiger partial charge in [0.1, 0.15) is 6.54 Å². The molecular formula is C21H22N2O2. The van der Waals surface area contributed by atoms with Gasteiger partial charge >= 0.3 is 0 Å². The van der Waals surface area contributed by atoms with Crippen LogP contribution in [0.25, 0.3) is 10.9 Å². The predicted octanol–water partition coefficient (Wildman–Crippen LogP) is 4.22. The monoisotopic (exact) mass is 334 g/mol. The number of nitrogens with one attached hydrogen (secondary N) is 1. The first kappa shape index (κ1) is 17.0. The highest BCUT2D eigenvalue weighted by molar-refractivity contribution is 6.00. The van der Waals surface area contributed by atoms with Gasteiger partial charge in [-0.3, -0.25) is 9.59 Å². The van der Waals surface area contributed by atoms with Crippen LogP contribution in [0.3, 0.4) is 0 Å². The zero-order chi connectivity index (χ0) is 17.8. The van der Waals surface area contributed by atoms with E-state index in [1.54, 1.807) is 6.20 Å². The van der Waals surface area contributed by atoms with Crippen molar-refractivity contribution in [1.29, 1.82) is 0 Å². The average molecular weight is 334 g/mol. The molecule has 0 saturated heterocycles. The molecule has 25 heavy (non-hydrogen) atoms. The van der Waals surface area contributed by atoms with Gasteiger partial charge in [-0.25, -0.2) is 0 Å². The van der Waals surface area contributed by atoms with Crippen LogP contribution in [0.2, 0.25) is 0 Å². The van der Waals surface area contributed by atoms with E-state index in [2.05, 4.69) is 19.2 Å². The Kier molecular flexibility index (Phi) is 4.98. The quantitative estimate of drug-likeness (QED) is 0.686. The summed E-state index contributed by atoms with van der Waals surface area (Å²) < 4.78 is 1.88. The third-order valence-electron chi connectivity index (χ3n) is 4.51. The first-order valence-electron chi connectivity index (χ1n) is 8.61. The number of para-hydroxylation sites is 2. The van der Waals surface area contributed by atoms with Gasteiger partial charge in [-0.05, 0) is 30.0 Å². The molecule has 1 N–H and O–H groups in total. The smallest absolute Gasteiger partial charge is 0.244 e. The molecule has 1 amide bonds. The van der Waals surface area contributed by atoms with E-state index in [-0.39, 0.29) is 12.5 Å². The Bertz CT molecular complexity index is 925. The van der Waals surface area contributed by atoms with Crippen molar-refractivity contribution in [3.05, 3.63) is 65.4 Å². The van der Waals surface area contributed by atoms with Crippen LogP contribution in [0, 0.1) is 0 Å². The van der Waals surface area contributed by atoms with Crippen molar-refractivity contribution in [2.75, 3.05) is 5.32 Å². The normalized spacial score (nSPS) is 10.8. The fourth-order valence-corrected chi connectivity index (χ4v) is 3.26. The maximum absolute atomic E-state index is 12.6. The predicted molar refractivity (Wildman–Crippen MR) is 101 cm³/mol. The number of benzene rings is 2. The van der Waals surface area contributed by atoms with Crippen LogP contribution in [0.1, 0.15) is 35.3 Å². The zero-order valence-corrected chi connectivity index (χ0v) is 14.6. The SMILES string of the molecule is CCc1ccccc1NC(=O)Cn1cc(C=O)c2cccc(CC)c21. The number of amides is 1. The van der Waals surface area contributed by atoms with Gasteiger partial charge in [-0.2, -0.15) is 0 Å². The van der Waals surface area contributed by atoms with E-state index in [4.69, 9.17) is 0 Å². The fourth-order valence-electron chi connectivity index (χ4n) is 3.26. The van der Waals surface area contributed by atoms with Crippen molar-refractivity contribution in [3.63, 3.8) is 0 Å². The lowest BCUT2D eigenvalue weighted by atomic mass is 10.1. The van der Waals surface area contributed by atoms with Crippen molar-refractivity contribution in [1.82, 2.24) is 4.57 Å². The molecule has 2 aromatic carbocycles. The van der Waals surface area contributed by atoms with Gasteiger partial charge in [0.15, 0.2) is 6.29 Å². The first-order valence-corrected chi connectivity index (χ1v) is 8.61. The lowest BCUT2D eigenvalue weighted by Gasteiger charge is -2.12. The average Bonchev–Trinajstić information content (AvgIpc) is 3.00. The van der Waals surface area contributed by atoms with Gasteiger partial charge in [0.2, 0.25) is 5.91 Å². The van der Waals surface area contributed by atoms with Gasteiger partial charge in [-0.15, -0.1) is 0 Å². The summed E-state index contributed by atoms with van der Waals surface area (Å²) in [6, 6.07) is 13.7. The van der Waals surface area contributed by atoms with Crippen molar-refractivity contribution in [2.24, 2.45) is 0 Å².